The molecule has 3 heteroatoms. The van der Waals surface area contributed by atoms with Crippen molar-refractivity contribution in [3.63, 3.8) is 0 Å². The highest BCUT2D eigenvalue weighted by molar-refractivity contribution is 5.97. The SMILES string of the molecule is CC(O/N=C/c1cccc2cccnc12)C1CCCCC1. The average Bonchev–Trinajstić information content (AvgIpc) is 2.56. The number of rotatable bonds is 4. The molecule has 0 N–H and O–H groups in total. The van der Waals surface area contributed by atoms with E-state index in [2.05, 4.69) is 29.2 Å². The summed E-state index contributed by atoms with van der Waals surface area (Å²) in [7, 11) is 0. The number of para-hydroxylation sites is 1. The van der Waals surface area contributed by atoms with Gasteiger partial charge in [-0.1, -0.05) is 48.7 Å². The molecule has 110 valence electrons. The molecule has 1 heterocycles. The monoisotopic (exact) mass is 282 g/mol. The van der Waals surface area contributed by atoms with Gasteiger partial charge in [-0.05, 0) is 31.7 Å². The zero-order valence-corrected chi connectivity index (χ0v) is 12.5. The van der Waals surface area contributed by atoms with Gasteiger partial charge in [0.1, 0.15) is 6.10 Å². The number of hydrogen-bond donors (Lipinski definition) is 0. The molecule has 0 saturated heterocycles. The molecule has 1 unspecified atom stereocenters. The van der Waals surface area contributed by atoms with Gasteiger partial charge in [0, 0.05) is 17.1 Å². The summed E-state index contributed by atoms with van der Waals surface area (Å²) in [4.78, 5) is 10.1. The van der Waals surface area contributed by atoms with E-state index in [0.717, 1.165) is 16.5 Å². The summed E-state index contributed by atoms with van der Waals surface area (Å²) in [5, 5.41) is 5.33. The first kappa shape index (κ1) is 14.1. The molecule has 1 fully saturated rings. The predicted molar refractivity (Wildman–Crippen MR) is 86.5 cm³/mol. The first-order chi connectivity index (χ1) is 10.3. The summed E-state index contributed by atoms with van der Waals surface area (Å²) in [6.07, 6.45) is 10.4. The maximum Gasteiger partial charge on any atom is 0.127 e. The average molecular weight is 282 g/mol. The van der Waals surface area contributed by atoms with Crippen LogP contribution in [0.2, 0.25) is 0 Å². The largest absolute Gasteiger partial charge is 0.392 e. The van der Waals surface area contributed by atoms with Crippen LogP contribution >= 0.6 is 0 Å². The summed E-state index contributed by atoms with van der Waals surface area (Å²) < 4.78 is 0. The van der Waals surface area contributed by atoms with E-state index in [-0.39, 0.29) is 6.10 Å². The van der Waals surface area contributed by atoms with Crippen LogP contribution in [0.15, 0.2) is 41.7 Å². The van der Waals surface area contributed by atoms with Crippen molar-refractivity contribution in [2.75, 3.05) is 0 Å². The van der Waals surface area contributed by atoms with E-state index in [1.165, 1.54) is 32.1 Å². The van der Waals surface area contributed by atoms with Crippen molar-refractivity contribution in [2.45, 2.75) is 45.1 Å². The maximum absolute atomic E-state index is 5.68. The smallest absolute Gasteiger partial charge is 0.127 e. The molecule has 1 aliphatic carbocycles. The Bertz CT molecular complexity index is 612. The second kappa shape index (κ2) is 6.70. The van der Waals surface area contributed by atoms with Crippen LogP contribution in [0.3, 0.4) is 0 Å². The summed E-state index contributed by atoms with van der Waals surface area (Å²) >= 11 is 0. The number of hydrogen-bond acceptors (Lipinski definition) is 3. The van der Waals surface area contributed by atoms with Crippen molar-refractivity contribution < 1.29 is 4.84 Å². The van der Waals surface area contributed by atoms with Crippen LogP contribution in [0.5, 0.6) is 0 Å². The van der Waals surface area contributed by atoms with Crippen molar-refractivity contribution in [1.29, 1.82) is 0 Å². The molecule has 2 aromatic rings. The fourth-order valence-corrected chi connectivity index (χ4v) is 3.10. The van der Waals surface area contributed by atoms with Gasteiger partial charge in [0.2, 0.25) is 0 Å². The Balaban J connectivity index is 1.67. The second-order valence-electron chi connectivity index (χ2n) is 5.87. The van der Waals surface area contributed by atoms with Crippen LogP contribution < -0.4 is 0 Å². The van der Waals surface area contributed by atoms with Crippen molar-refractivity contribution in [3.8, 4) is 0 Å². The minimum absolute atomic E-state index is 0.199. The van der Waals surface area contributed by atoms with E-state index in [1.807, 2.05) is 24.4 Å². The van der Waals surface area contributed by atoms with E-state index in [1.54, 1.807) is 6.21 Å². The van der Waals surface area contributed by atoms with E-state index in [9.17, 15) is 0 Å². The lowest BCUT2D eigenvalue weighted by molar-refractivity contribution is 0.0176. The van der Waals surface area contributed by atoms with Gasteiger partial charge in [0.25, 0.3) is 0 Å². The van der Waals surface area contributed by atoms with Crippen LogP contribution in [0.4, 0.5) is 0 Å². The van der Waals surface area contributed by atoms with Gasteiger partial charge >= 0.3 is 0 Å². The maximum atomic E-state index is 5.68. The van der Waals surface area contributed by atoms with Gasteiger partial charge in [0.05, 0.1) is 11.7 Å². The minimum Gasteiger partial charge on any atom is -0.392 e. The molecule has 0 radical (unpaired) electrons. The van der Waals surface area contributed by atoms with Crippen LogP contribution in [0.25, 0.3) is 10.9 Å². The Hall–Kier alpha value is -1.90. The third-order valence-electron chi connectivity index (χ3n) is 4.40. The van der Waals surface area contributed by atoms with Crippen LogP contribution in [0.1, 0.15) is 44.6 Å². The molecule has 3 nitrogen and oxygen atoms in total. The van der Waals surface area contributed by atoms with Crippen LogP contribution in [-0.4, -0.2) is 17.3 Å². The third kappa shape index (κ3) is 3.41. The Morgan fingerprint density at radius 2 is 2.00 bits per heavy atom. The van der Waals surface area contributed by atoms with Gasteiger partial charge in [0.15, 0.2) is 0 Å². The van der Waals surface area contributed by atoms with Crippen LogP contribution in [-0.2, 0) is 4.84 Å². The van der Waals surface area contributed by atoms with Gasteiger partial charge in [-0.15, -0.1) is 0 Å². The first-order valence-electron chi connectivity index (χ1n) is 7.87. The summed E-state index contributed by atoms with van der Waals surface area (Å²) in [6.45, 7) is 2.13. The van der Waals surface area contributed by atoms with Crippen molar-refractivity contribution in [3.05, 3.63) is 42.1 Å². The van der Waals surface area contributed by atoms with Gasteiger partial charge in [-0.25, -0.2) is 0 Å². The molecule has 21 heavy (non-hydrogen) atoms. The number of benzene rings is 1. The van der Waals surface area contributed by atoms with Crippen LogP contribution in [0, 0.1) is 5.92 Å². The highest BCUT2D eigenvalue weighted by Gasteiger charge is 2.21. The molecule has 3 rings (SSSR count). The highest BCUT2D eigenvalue weighted by atomic mass is 16.6. The lowest BCUT2D eigenvalue weighted by Gasteiger charge is -2.25. The van der Waals surface area contributed by atoms with Crippen molar-refractivity contribution in [1.82, 2.24) is 4.98 Å². The molecule has 1 aromatic carbocycles. The van der Waals surface area contributed by atoms with Crippen molar-refractivity contribution >= 4 is 17.1 Å². The Morgan fingerprint density at radius 1 is 1.19 bits per heavy atom. The number of pyridine rings is 1. The van der Waals surface area contributed by atoms with E-state index < -0.39 is 0 Å². The molecule has 1 saturated carbocycles. The zero-order valence-electron chi connectivity index (χ0n) is 12.5. The van der Waals surface area contributed by atoms with E-state index in [4.69, 9.17) is 4.84 Å². The Morgan fingerprint density at radius 3 is 2.86 bits per heavy atom. The van der Waals surface area contributed by atoms with Gasteiger partial charge in [-0.2, -0.15) is 0 Å². The summed E-state index contributed by atoms with van der Waals surface area (Å²) in [6, 6.07) is 10.1. The first-order valence-corrected chi connectivity index (χ1v) is 7.87. The zero-order chi connectivity index (χ0) is 14.5. The number of fused-ring (bicyclic) bond motifs is 1. The molecule has 0 amide bonds. The number of nitrogens with zero attached hydrogens (tertiary/aromatic N) is 2. The lowest BCUT2D eigenvalue weighted by atomic mass is 9.86. The van der Waals surface area contributed by atoms with Gasteiger partial charge in [-0.3, -0.25) is 4.98 Å². The fourth-order valence-electron chi connectivity index (χ4n) is 3.10. The molecular formula is C18H22N2O. The fraction of sp³-hybridized carbons (Fsp3) is 0.444. The molecule has 1 atom stereocenters. The molecule has 0 spiro atoms. The number of oxime groups is 1. The molecule has 1 aromatic heterocycles. The van der Waals surface area contributed by atoms with Crippen molar-refractivity contribution in [2.24, 2.45) is 11.1 Å². The van der Waals surface area contributed by atoms with Gasteiger partial charge < -0.3 is 4.84 Å². The third-order valence-corrected chi connectivity index (χ3v) is 4.40. The Labute approximate surface area is 126 Å². The molecule has 0 aliphatic heterocycles. The second-order valence-corrected chi connectivity index (χ2v) is 5.87. The topological polar surface area (TPSA) is 34.5 Å². The molecule has 0 bridgehead atoms. The number of aromatic nitrogens is 1. The Kier molecular flexibility index (Phi) is 4.49. The standard InChI is InChI=1S/C18H22N2O/c1-14(15-7-3-2-4-8-15)21-20-13-17-10-5-9-16-11-6-12-19-18(16)17/h5-6,9-15H,2-4,7-8H2,1H3/b20-13+. The lowest BCUT2D eigenvalue weighted by Crippen LogP contribution is -2.21. The van der Waals surface area contributed by atoms with E-state index >= 15 is 0 Å². The molecule has 1 aliphatic rings. The highest BCUT2D eigenvalue weighted by Crippen LogP contribution is 2.27. The minimum atomic E-state index is 0.199. The summed E-state index contributed by atoms with van der Waals surface area (Å²) in [5.74, 6) is 0.654. The quantitative estimate of drug-likeness (QED) is 0.609. The predicted octanol–water partition coefficient (Wildman–Crippen LogP) is 4.55. The summed E-state index contributed by atoms with van der Waals surface area (Å²) in [5.41, 5.74) is 1.97. The molecular weight excluding hydrogens is 260 g/mol. The van der Waals surface area contributed by atoms with E-state index in [0.29, 0.717) is 5.92 Å². The normalized spacial score (nSPS) is 18.1.